The van der Waals surface area contributed by atoms with Crippen molar-refractivity contribution in [1.82, 2.24) is 10.2 Å². The zero-order valence-electron chi connectivity index (χ0n) is 14.7. The molecular weight excluding hydrogens is 256 g/mol. The molecule has 2 aliphatic rings. The van der Waals surface area contributed by atoms with Crippen LogP contribution in [0.2, 0.25) is 0 Å². The third-order valence-electron chi connectivity index (χ3n) is 6.19. The minimum Gasteiger partial charge on any atom is -0.313 e. The third-order valence-corrected chi connectivity index (χ3v) is 6.19. The van der Waals surface area contributed by atoms with E-state index in [0.29, 0.717) is 0 Å². The first kappa shape index (κ1) is 17.3. The lowest BCUT2D eigenvalue weighted by atomic mass is 9.82. The first-order chi connectivity index (χ1) is 10.2. The van der Waals surface area contributed by atoms with Gasteiger partial charge in [-0.3, -0.25) is 0 Å². The monoisotopic (exact) mass is 294 g/mol. The fourth-order valence-electron chi connectivity index (χ4n) is 4.63. The van der Waals surface area contributed by atoms with Crippen LogP contribution in [0, 0.1) is 11.8 Å². The first-order valence-corrected chi connectivity index (χ1v) is 9.68. The van der Waals surface area contributed by atoms with Crippen molar-refractivity contribution in [1.29, 1.82) is 0 Å². The first-order valence-electron chi connectivity index (χ1n) is 9.68. The van der Waals surface area contributed by atoms with Crippen molar-refractivity contribution >= 4 is 0 Å². The zero-order chi connectivity index (χ0) is 15.1. The summed E-state index contributed by atoms with van der Waals surface area (Å²) in [5.74, 6) is 1.94. The molecule has 0 bridgehead atoms. The van der Waals surface area contributed by atoms with Gasteiger partial charge in [0.05, 0.1) is 0 Å². The van der Waals surface area contributed by atoms with Crippen molar-refractivity contribution in [3.05, 3.63) is 0 Å². The lowest BCUT2D eigenvalue weighted by Gasteiger charge is -2.39. The van der Waals surface area contributed by atoms with Gasteiger partial charge in [-0.2, -0.15) is 0 Å². The Labute approximate surface area is 133 Å². The lowest BCUT2D eigenvalue weighted by molar-refractivity contribution is 0.129. The maximum atomic E-state index is 3.80. The summed E-state index contributed by atoms with van der Waals surface area (Å²) in [4.78, 5) is 2.69. The summed E-state index contributed by atoms with van der Waals surface area (Å²) in [5, 5.41) is 3.80. The second-order valence-corrected chi connectivity index (χ2v) is 7.58. The Balaban J connectivity index is 1.81. The van der Waals surface area contributed by atoms with E-state index in [-0.39, 0.29) is 0 Å². The summed E-state index contributed by atoms with van der Waals surface area (Å²) in [6.07, 6.45) is 14.4. The number of rotatable bonds is 7. The van der Waals surface area contributed by atoms with Gasteiger partial charge in [-0.05, 0) is 64.0 Å². The number of nitrogens with zero attached hydrogens (tertiary/aromatic N) is 1. The Hall–Kier alpha value is -0.0800. The van der Waals surface area contributed by atoms with Gasteiger partial charge in [0, 0.05) is 18.6 Å². The van der Waals surface area contributed by atoms with Gasteiger partial charge in [-0.1, -0.05) is 39.5 Å². The molecule has 0 aromatic carbocycles. The molecule has 2 heteroatoms. The van der Waals surface area contributed by atoms with Crippen molar-refractivity contribution in [2.24, 2.45) is 11.8 Å². The molecule has 2 fully saturated rings. The molecule has 1 N–H and O–H groups in total. The molecule has 0 spiro atoms. The summed E-state index contributed by atoms with van der Waals surface area (Å²) in [6, 6.07) is 1.57. The van der Waals surface area contributed by atoms with Gasteiger partial charge in [0.1, 0.15) is 0 Å². The Kier molecular flexibility index (Phi) is 7.53. The van der Waals surface area contributed by atoms with Crippen LogP contribution >= 0.6 is 0 Å². The molecule has 124 valence electrons. The van der Waals surface area contributed by atoms with Crippen LogP contribution in [0.15, 0.2) is 0 Å². The predicted molar refractivity (Wildman–Crippen MR) is 92.7 cm³/mol. The quantitative estimate of drug-likeness (QED) is 0.746. The largest absolute Gasteiger partial charge is 0.313 e. The van der Waals surface area contributed by atoms with Crippen LogP contribution in [-0.2, 0) is 0 Å². The van der Waals surface area contributed by atoms with E-state index >= 15 is 0 Å². The highest BCUT2D eigenvalue weighted by molar-refractivity contribution is 4.85. The molecule has 0 amide bonds. The van der Waals surface area contributed by atoms with Crippen molar-refractivity contribution < 1.29 is 0 Å². The van der Waals surface area contributed by atoms with E-state index in [9.17, 15) is 0 Å². The highest BCUT2D eigenvalue weighted by atomic mass is 15.2. The number of hydrogen-bond acceptors (Lipinski definition) is 2. The van der Waals surface area contributed by atoms with Crippen LogP contribution in [0.3, 0.4) is 0 Å². The number of hydrogen-bond donors (Lipinski definition) is 1. The molecule has 2 saturated carbocycles. The van der Waals surface area contributed by atoms with Gasteiger partial charge in [0.2, 0.25) is 0 Å². The minimum absolute atomic E-state index is 0.726. The zero-order valence-corrected chi connectivity index (χ0v) is 14.7. The van der Waals surface area contributed by atoms with E-state index in [1.807, 2.05) is 0 Å². The van der Waals surface area contributed by atoms with Crippen LogP contribution < -0.4 is 5.32 Å². The predicted octanol–water partition coefficient (Wildman–Crippen LogP) is 4.45. The molecule has 0 aromatic heterocycles. The second-order valence-electron chi connectivity index (χ2n) is 7.58. The molecule has 2 rings (SSSR count). The van der Waals surface area contributed by atoms with Gasteiger partial charge < -0.3 is 10.2 Å². The molecule has 0 radical (unpaired) electrons. The summed E-state index contributed by atoms with van der Waals surface area (Å²) >= 11 is 0. The van der Waals surface area contributed by atoms with Gasteiger partial charge in [0.15, 0.2) is 0 Å². The topological polar surface area (TPSA) is 15.3 Å². The van der Waals surface area contributed by atoms with Gasteiger partial charge in [-0.15, -0.1) is 0 Å². The molecule has 0 heterocycles. The standard InChI is InChI=1S/C19H38N2/c1-4-16-11-13-18(14-12-16)21(3)15-19(20-5-2)17-9-7-6-8-10-17/h16-20H,4-15H2,1-3H3. The Morgan fingerprint density at radius 3 is 2.19 bits per heavy atom. The van der Waals surface area contributed by atoms with E-state index in [1.54, 1.807) is 0 Å². The van der Waals surface area contributed by atoms with E-state index in [0.717, 1.165) is 30.5 Å². The van der Waals surface area contributed by atoms with Crippen molar-refractivity contribution in [2.75, 3.05) is 20.1 Å². The maximum Gasteiger partial charge on any atom is 0.0223 e. The van der Waals surface area contributed by atoms with E-state index in [2.05, 4.69) is 31.1 Å². The normalized spacial score (nSPS) is 29.7. The van der Waals surface area contributed by atoms with E-state index in [1.165, 1.54) is 70.8 Å². The maximum absolute atomic E-state index is 3.80. The lowest BCUT2D eigenvalue weighted by Crippen LogP contribution is -2.48. The SMILES string of the molecule is CCNC(CN(C)C1CCC(CC)CC1)C1CCCCC1. The van der Waals surface area contributed by atoms with E-state index in [4.69, 9.17) is 0 Å². The average Bonchev–Trinajstić information content (AvgIpc) is 2.55. The van der Waals surface area contributed by atoms with Crippen LogP contribution in [0.1, 0.15) is 78.1 Å². The highest BCUT2D eigenvalue weighted by Gasteiger charge is 2.28. The Morgan fingerprint density at radius 2 is 1.62 bits per heavy atom. The van der Waals surface area contributed by atoms with Crippen molar-refractivity contribution in [3.8, 4) is 0 Å². The molecule has 21 heavy (non-hydrogen) atoms. The second kappa shape index (κ2) is 9.15. The van der Waals surface area contributed by atoms with Gasteiger partial charge in [-0.25, -0.2) is 0 Å². The van der Waals surface area contributed by atoms with Crippen LogP contribution in [-0.4, -0.2) is 37.1 Å². The average molecular weight is 295 g/mol. The van der Waals surface area contributed by atoms with E-state index < -0.39 is 0 Å². The number of likely N-dealkylation sites (N-methyl/N-ethyl adjacent to an activating group) is 2. The van der Waals surface area contributed by atoms with Gasteiger partial charge in [0.25, 0.3) is 0 Å². The van der Waals surface area contributed by atoms with Crippen molar-refractivity contribution in [2.45, 2.75) is 90.1 Å². The fraction of sp³-hybridized carbons (Fsp3) is 1.00. The van der Waals surface area contributed by atoms with Crippen LogP contribution in [0.4, 0.5) is 0 Å². The fourth-order valence-corrected chi connectivity index (χ4v) is 4.63. The molecular formula is C19H38N2. The molecule has 1 unspecified atom stereocenters. The van der Waals surface area contributed by atoms with Gasteiger partial charge >= 0.3 is 0 Å². The summed E-state index contributed by atoms with van der Waals surface area (Å²) < 4.78 is 0. The Morgan fingerprint density at radius 1 is 0.952 bits per heavy atom. The molecule has 2 aliphatic carbocycles. The van der Waals surface area contributed by atoms with Crippen LogP contribution in [0.5, 0.6) is 0 Å². The van der Waals surface area contributed by atoms with Crippen LogP contribution in [0.25, 0.3) is 0 Å². The summed E-state index contributed by atoms with van der Waals surface area (Å²) in [7, 11) is 2.38. The molecule has 0 aliphatic heterocycles. The Bertz CT molecular complexity index is 265. The number of nitrogens with one attached hydrogen (secondary N) is 1. The molecule has 2 nitrogen and oxygen atoms in total. The third kappa shape index (κ3) is 5.25. The summed E-state index contributed by atoms with van der Waals surface area (Å²) in [5.41, 5.74) is 0. The molecule has 0 saturated heterocycles. The molecule has 0 aromatic rings. The van der Waals surface area contributed by atoms with Crippen molar-refractivity contribution in [3.63, 3.8) is 0 Å². The highest BCUT2D eigenvalue weighted by Crippen LogP contribution is 2.31. The minimum atomic E-state index is 0.726. The summed E-state index contributed by atoms with van der Waals surface area (Å²) in [6.45, 7) is 7.01. The molecule has 1 atom stereocenters. The smallest absolute Gasteiger partial charge is 0.0223 e.